The minimum absolute atomic E-state index is 0.181. The second-order valence-electron chi connectivity index (χ2n) is 5.41. The highest BCUT2D eigenvalue weighted by molar-refractivity contribution is 7.91. The maximum absolute atomic E-state index is 11.6. The summed E-state index contributed by atoms with van der Waals surface area (Å²) in [6.07, 6.45) is 1.29. The summed E-state index contributed by atoms with van der Waals surface area (Å²) in [5, 5.41) is 0. The Morgan fingerprint density at radius 1 is 1.35 bits per heavy atom. The number of hydrogen-bond acceptors (Lipinski definition) is 3. The fourth-order valence-corrected chi connectivity index (χ4v) is 4.55. The van der Waals surface area contributed by atoms with E-state index in [1.54, 1.807) is 0 Å². The molecular weight excluding hydrogens is 296 g/mol. The molecule has 0 amide bonds. The van der Waals surface area contributed by atoms with E-state index in [2.05, 4.69) is 21.7 Å². The van der Waals surface area contributed by atoms with Crippen molar-refractivity contribution >= 4 is 32.5 Å². The first kappa shape index (κ1) is 13.9. The number of rotatable bonds is 2. The van der Waals surface area contributed by atoms with Gasteiger partial charge in [-0.05, 0) is 37.5 Å². The first-order valence-corrected chi connectivity index (χ1v) is 9.09. The lowest BCUT2D eigenvalue weighted by atomic mass is 10.1. The van der Waals surface area contributed by atoms with Gasteiger partial charge in [-0.25, -0.2) is 13.4 Å². The fourth-order valence-electron chi connectivity index (χ4n) is 2.90. The Morgan fingerprint density at radius 3 is 2.70 bits per heavy atom. The Balaban J connectivity index is 2.06. The van der Waals surface area contributed by atoms with Crippen molar-refractivity contribution in [2.45, 2.75) is 31.7 Å². The number of aryl methyl sites for hydroxylation is 1. The number of aromatic nitrogens is 2. The fraction of sp³-hybridized carbons (Fsp3) is 0.500. The minimum atomic E-state index is -2.85. The van der Waals surface area contributed by atoms with E-state index in [1.807, 2.05) is 13.0 Å². The van der Waals surface area contributed by atoms with Crippen LogP contribution in [0.2, 0.25) is 0 Å². The molecule has 3 rings (SSSR count). The van der Waals surface area contributed by atoms with Crippen LogP contribution in [0.25, 0.3) is 11.0 Å². The van der Waals surface area contributed by atoms with Gasteiger partial charge in [0.05, 0.1) is 28.4 Å². The predicted molar refractivity (Wildman–Crippen MR) is 81.0 cm³/mol. The third kappa shape index (κ3) is 2.44. The maximum Gasteiger partial charge on any atom is 0.150 e. The number of hydrogen-bond donors (Lipinski definition) is 0. The van der Waals surface area contributed by atoms with Crippen molar-refractivity contribution in [3.63, 3.8) is 0 Å². The second kappa shape index (κ2) is 5.04. The number of imidazole rings is 1. The maximum atomic E-state index is 11.6. The summed E-state index contributed by atoms with van der Waals surface area (Å²) in [6.45, 7) is 2.03. The van der Waals surface area contributed by atoms with Crippen molar-refractivity contribution < 1.29 is 8.42 Å². The Kier molecular flexibility index (Phi) is 3.50. The van der Waals surface area contributed by atoms with E-state index in [9.17, 15) is 8.42 Å². The zero-order chi connectivity index (χ0) is 14.3. The topological polar surface area (TPSA) is 52.0 Å². The van der Waals surface area contributed by atoms with Crippen molar-refractivity contribution in [1.82, 2.24) is 9.55 Å². The van der Waals surface area contributed by atoms with E-state index in [1.165, 1.54) is 0 Å². The lowest BCUT2D eigenvalue weighted by Gasteiger charge is -2.25. The lowest BCUT2D eigenvalue weighted by Crippen LogP contribution is -2.26. The Bertz CT molecular complexity index is 738. The van der Waals surface area contributed by atoms with Gasteiger partial charge in [-0.3, -0.25) is 0 Å². The normalized spacial score (nSPS) is 19.5. The molecule has 2 heterocycles. The molecule has 1 saturated heterocycles. The number of nitrogens with zero attached hydrogens (tertiary/aromatic N) is 2. The van der Waals surface area contributed by atoms with Crippen LogP contribution in [0.1, 0.15) is 30.3 Å². The Labute approximate surface area is 123 Å². The van der Waals surface area contributed by atoms with E-state index in [-0.39, 0.29) is 17.5 Å². The summed E-state index contributed by atoms with van der Waals surface area (Å²) in [5.74, 6) is 1.68. The van der Waals surface area contributed by atoms with E-state index in [4.69, 9.17) is 11.6 Å². The molecule has 6 heteroatoms. The molecule has 0 N–H and O–H groups in total. The van der Waals surface area contributed by atoms with Crippen LogP contribution in [-0.4, -0.2) is 29.5 Å². The third-order valence-electron chi connectivity index (χ3n) is 3.93. The SMILES string of the molecule is Cc1ccc2c(c1)nc(CCl)n2C1CCS(=O)(=O)CC1. The molecule has 1 fully saturated rings. The first-order valence-electron chi connectivity index (χ1n) is 6.74. The lowest BCUT2D eigenvalue weighted by molar-refractivity contribution is 0.450. The molecule has 20 heavy (non-hydrogen) atoms. The van der Waals surface area contributed by atoms with Crippen molar-refractivity contribution in [2.75, 3.05) is 11.5 Å². The average molecular weight is 313 g/mol. The second-order valence-corrected chi connectivity index (χ2v) is 7.98. The number of sulfone groups is 1. The van der Waals surface area contributed by atoms with Gasteiger partial charge in [-0.2, -0.15) is 0 Å². The molecule has 0 radical (unpaired) electrons. The van der Waals surface area contributed by atoms with Crippen LogP contribution < -0.4 is 0 Å². The summed E-state index contributed by atoms with van der Waals surface area (Å²) >= 11 is 6.02. The van der Waals surface area contributed by atoms with Gasteiger partial charge >= 0.3 is 0 Å². The van der Waals surface area contributed by atoms with Crippen LogP contribution in [0, 0.1) is 6.92 Å². The highest BCUT2D eigenvalue weighted by Crippen LogP contribution is 2.30. The summed E-state index contributed by atoms with van der Waals surface area (Å²) in [6, 6.07) is 6.33. The van der Waals surface area contributed by atoms with Gasteiger partial charge in [-0.1, -0.05) is 6.07 Å². The molecule has 0 saturated carbocycles. The van der Waals surface area contributed by atoms with Crippen LogP contribution in [0.4, 0.5) is 0 Å². The number of alkyl halides is 1. The molecule has 0 spiro atoms. The van der Waals surface area contributed by atoms with Crippen LogP contribution in [-0.2, 0) is 15.7 Å². The molecule has 0 bridgehead atoms. The van der Waals surface area contributed by atoms with E-state index >= 15 is 0 Å². The average Bonchev–Trinajstić information content (AvgIpc) is 2.76. The quantitative estimate of drug-likeness (QED) is 0.801. The Hall–Kier alpha value is -1.07. The van der Waals surface area contributed by atoms with Gasteiger partial charge in [-0.15, -0.1) is 11.6 Å². The zero-order valence-electron chi connectivity index (χ0n) is 11.3. The van der Waals surface area contributed by atoms with Crippen LogP contribution in [0.5, 0.6) is 0 Å². The number of halogens is 1. The van der Waals surface area contributed by atoms with Gasteiger partial charge in [0.2, 0.25) is 0 Å². The Morgan fingerprint density at radius 2 is 2.05 bits per heavy atom. The molecule has 1 aromatic heterocycles. The van der Waals surface area contributed by atoms with Crippen molar-refractivity contribution in [3.8, 4) is 0 Å². The van der Waals surface area contributed by atoms with E-state index < -0.39 is 9.84 Å². The molecule has 0 unspecified atom stereocenters. The van der Waals surface area contributed by atoms with Gasteiger partial charge < -0.3 is 4.57 Å². The summed E-state index contributed by atoms with van der Waals surface area (Å²) in [7, 11) is -2.85. The summed E-state index contributed by atoms with van der Waals surface area (Å²) in [5.41, 5.74) is 3.15. The molecular formula is C14H17ClN2O2S. The minimum Gasteiger partial charge on any atom is -0.324 e. The molecule has 1 aliphatic rings. The molecule has 1 aliphatic heterocycles. The van der Waals surface area contributed by atoms with Gasteiger partial charge in [0, 0.05) is 6.04 Å². The molecule has 108 valence electrons. The molecule has 0 atom stereocenters. The third-order valence-corrected chi connectivity index (χ3v) is 5.88. The van der Waals surface area contributed by atoms with Crippen LogP contribution in [0.15, 0.2) is 18.2 Å². The van der Waals surface area contributed by atoms with E-state index in [0.717, 1.165) is 22.4 Å². The van der Waals surface area contributed by atoms with Crippen molar-refractivity contribution in [3.05, 3.63) is 29.6 Å². The predicted octanol–water partition coefficient (Wildman–Crippen LogP) is 2.83. The van der Waals surface area contributed by atoms with Crippen molar-refractivity contribution in [2.24, 2.45) is 0 Å². The summed E-state index contributed by atoms with van der Waals surface area (Å²) in [4.78, 5) is 4.59. The van der Waals surface area contributed by atoms with E-state index in [0.29, 0.717) is 18.7 Å². The van der Waals surface area contributed by atoms with Crippen LogP contribution in [0.3, 0.4) is 0 Å². The number of fused-ring (bicyclic) bond motifs is 1. The van der Waals surface area contributed by atoms with Gasteiger partial charge in [0.15, 0.2) is 0 Å². The number of benzene rings is 1. The first-order chi connectivity index (χ1) is 9.50. The molecule has 0 aliphatic carbocycles. The van der Waals surface area contributed by atoms with Gasteiger partial charge in [0.1, 0.15) is 15.7 Å². The highest BCUT2D eigenvalue weighted by atomic mass is 35.5. The van der Waals surface area contributed by atoms with Gasteiger partial charge in [0.25, 0.3) is 0 Å². The van der Waals surface area contributed by atoms with Crippen molar-refractivity contribution in [1.29, 1.82) is 0 Å². The largest absolute Gasteiger partial charge is 0.324 e. The standard InChI is InChI=1S/C14H17ClN2O2S/c1-10-2-3-13-12(8-10)16-14(9-15)17(13)11-4-6-20(18,19)7-5-11/h2-3,8,11H,4-7,9H2,1H3. The monoisotopic (exact) mass is 312 g/mol. The summed E-state index contributed by atoms with van der Waals surface area (Å²) < 4.78 is 25.3. The zero-order valence-corrected chi connectivity index (χ0v) is 12.9. The molecule has 2 aromatic rings. The van der Waals surface area contributed by atoms with Crippen LogP contribution >= 0.6 is 11.6 Å². The molecule has 1 aromatic carbocycles. The smallest absolute Gasteiger partial charge is 0.150 e. The molecule has 4 nitrogen and oxygen atoms in total. The highest BCUT2D eigenvalue weighted by Gasteiger charge is 2.27.